The van der Waals surface area contributed by atoms with Crippen LogP contribution in [0.25, 0.3) is 0 Å². The third-order valence-electron chi connectivity index (χ3n) is 9.21. The van der Waals surface area contributed by atoms with Crippen molar-refractivity contribution in [3.05, 3.63) is 0 Å². The van der Waals surface area contributed by atoms with Gasteiger partial charge < -0.3 is 40.3 Å². The molecule has 1 fully saturated rings. The lowest BCUT2D eigenvalue weighted by Gasteiger charge is -2.40. The lowest BCUT2D eigenvalue weighted by Crippen LogP contribution is -2.60. The monoisotopic (exact) mass is 646 g/mol. The predicted octanol–water partition coefficient (Wildman–Crippen LogP) is 6.05. The highest BCUT2D eigenvalue weighted by Crippen LogP contribution is 2.23. The summed E-state index contributed by atoms with van der Waals surface area (Å²) in [6, 6.07) is -0.708. The average molecular weight is 646 g/mol. The van der Waals surface area contributed by atoms with Gasteiger partial charge in [0, 0.05) is 6.42 Å². The van der Waals surface area contributed by atoms with Crippen LogP contribution in [0.1, 0.15) is 168 Å². The first kappa shape index (κ1) is 42.2. The summed E-state index contributed by atoms with van der Waals surface area (Å²) in [6.07, 6.45) is 19.7. The molecule has 1 amide bonds. The van der Waals surface area contributed by atoms with Crippen molar-refractivity contribution in [1.29, 1.82) is 0 Å². The predicted molar refractivity (Wildman–Crippen MR) is 180 cm³/mol. The lowest BCUT2D eigenvalue weighted by molar-refractivity contribution is -0.302. The summed E-state index contributed by atoms with van der Waals surface area (Å²) in [5.41, 5.74) is 0. The number of carbonyl (C=O) groups is 1. The van der Waals surface area contributed by atoms with Crippen molar-refractivity contribution in [1.82, 2.24) is 5.32 Å². The second-order valence-electron chi connectivity index (χ2n) is 13.4. The van der Waals surface area contributed by atoms with Crippen LogP contribution in [0, 0.1) is 0 Å². The highest BCUT2D eigenvalue weighted by atomic mass is 16.7. The highest BCUT2D eigenvalue weighted by molar-refractivity contribution is 5.76. The number of aliphatic hydroxyl groups is 5. The molecule has 0 aromatic rings. The summed E-state index contributed by atoms with van der Waals surface area (Å²) >= 11 is 0. The molecule has 9 nitrogen and oxygen atoms in total. The fourth-order valence-electron chi connectivity index (χ4n) is 6.10. The van der Waals surface area contributed by atoms with Crippen molar-refractivity contribution in [3.63, 3.8) is 0 Å². The molecule has 1 heterocycles. The minimum absolute atomic E-state index is 0.133. The maximum Gasteiger partial charge on any atom is 0.220 e. The summed E-state index contributed by atoms with van der Waals surface area (Å²) < 4.78 is 11.2. The van der Waals surface area contributed by atoms with Crippen molar-refractivity contribution >= 4 is 5.91 Å². The van der Waals surface area contributed by atoms with Gasteiger partial charge in [-0.25, -0.2) is 0 Å². The standard InChI is InChI=1S/C36H71NO8/c1-3-5-7-9-11-13-14-15-16-18-20-22-24-26-32(40)37-29(30(39)25-23-21-19-17-12-10-8-6-4-2)28-44-36-35(43)34(42)33(41)31(27-38)45-36/h29-31,33-36,38-39,41-43H,3-28H2,1-2H3,(H,37,40)/t29-,30+,31-,33-,34?,35?,36-/m0/s1. The Morgan fingerprint density at radius 3 is 1.58 bits per heavy atom. The van der Waals surface area contributed by atoms with Gasteiger partial charge in [-0.15, -0.1) is 0 Å². The molecule has 6 N–H and O–H groups in total. The maximum atomic E-state index is 12.8. The van der Waals surface area contributed by atoms with Gasteiger partial charge in [-0.3, -0.25) is 4.79 Å². The zero-order valence-corrected chi connectivity index (χ0v) is 28.9. The molecule has 1 saturated heterocycles. The van der Waals surface area contributed by atoms with Crippen LogP contribution < -0.4 is 5.32 Å². The van der Waals surface area contributed by atoms with Crippen molar-refractivity contribution < 1.29 is 39.8 Å². The van der Waals surface area contributed by atoms with Crippen molar-refractivity contribution in [2.24, 2.45) is 0 Å². The van der Waals surface area contributed by atoms with Gasteiger partial charge in [-0.2, -0.15) is 0 Å². The second-order valence-corrected chi connectivity index (χ2v) is 13.4. The van der Waals surface area contributed by atoms with Crippen LogP contribution in [0.4, 0.5) is 0 Å². The number of nitrogens with one attached hydrogen (secondary N) is 1. The Morgan fingerprint density at radius 1 is 0.667 bits per heavy atom. The third kappa shape index (κ3) is 20.2. The summed E-state index contributed by atoms with van der Waals surface area (Å²) in [5, 5.41) is 53.9. The number of carbonyl (C=O) groups excluding carboxylic acids is 1. The van der Waals surface area contributed by atoms with Crippen LogP contribution in [0.3, 0.4) is 0 Å². The molecule has 1 aliphatic rings. The Balaban J connectivity index is 2.42. The van der Waals surface area contributed by atoms with Crippen LogP contribution >= 0.6 is 0 Å². The summed E-state index contributed by atoms with van der Waals surface area (Å²) in [7, 11) is 0. The van der Waals surface area contributed by atoms with Crippen LogP contribution in [0.15, 0.2) is 0 Å². The first-order valence-corrected chi connectivity index (χ1v) is 18.7. The molecule has 0 spiro atoms. The third-order valence-corrected chi connectivity index (χ3v) is 9.21. The Kier molecular flexibility index (Phi) is 26.5. The van der Waals surface area contributed by atoms with E-state index in [1.54, 1.807) is 0 Å². The van der Waals surface area contributed by atoms with Crippen molar-refractivity contribution in [2.75, 3.05) is 13.2 Å². The van der Waals surface area contributed by atoms with E-state index in [2.05, 4.69) is 19.2 Å². The Hall–Kier alpha value is -0.810. The van der Waals surface area contributed by atoms with Gasteiger partial charge in [-0.05, 0) is 12.8 Å². The quantitative estimate of drug-likeness (QED) is 0.0517. The summed E-state index contributed by atoms with van der Waals surface area (Å²) in [6.45, 7) is 3.78. The number of aliphatic hydroxyl groups excluding tert-OH is 5. The molecule has 1 aliphatic heterocycles. The summed E-state index contributed by atoms with van der Waals surface area (Å²) in [5.74, 6) is -0.147. The van der Waals surface area contributed by atoms with Gasteiger partial charge in [0.15, 0.2) is 6.29 Å². The first-order valence-electron chi connectivity index (χ1n) is 18.7. The number of amides is 1. The van der Waals surface area contributed by atoms with E-state index >= 15 is 0 Å². The van der Waals surface area contributed by atoms with Crippen LogP contribution in [0.5, 0.6) is 0 Å². The van der Waals surface area contributed by atoms with Crippen LogP contribution in [0.2, 0.25) is 0 Å². The highest BCUT2D eigenvalue weighted by Gasteiger charge is 2.44. The second kappa shape index (κ2) is 28.2. The molecular weight excluding hydrogens is 574 g/mol. The van der Waals surface area contributed by atoms with Gasteiger partial charge in [0.25, 0.3) is 0 Å². The number of rotatable bonds is 30. The van der Waals surface area contributed by atoms with Gasteiger partial charge in [0.1, 0.15) is 24.4 Å². The topological polar surface area (TPSA) is 149 Å². The minimum Gasteiger partial charge on any atom is -0.394 e. The van der Waals surface area contributed by atoms with E-state index < -0.39 is 49.5 Å². The van der Waals surface area contributed by atoms with Crippen LogP contribution in [-0.2, 0) is 14.3 Å². The molecule has 0 aromatic heterocycles. The van der Waals surface area contributed by atoms with E-state index in [9.17, 15) is 30.3 Å². The SMILES string of the molecule is CCCCCCCCCCCCCCCC(=O)N[C@@H](CO[C@H]1O[C@@H](CO)[C@H](O)C(O)C1O)[C@H](O)CCCCCCCCCCC. The fraction of sp³-hybridized carbons (Fsp3) is 0.972. The van der Waals surface area contributed by atoms with Gasteiger partial charge in [0.2, 0.25) is 5.91 Å². The zero-order chi connectivity index (χ0) is 33.1. The summed E-state index contributed by atoms with van der Waals surface area (Å²) in [4.78, 5) is 12.8. The molecular formula is C36H71NO8. The Labute approximate surface area is 274 Å². The average Bonchev–Trinajstić information content (AvgIpc) is 3.04. The molecule has 0 bridgehead atoms. The Morgan fingerprint density at radius 2 is 1.11 bits per heavy atom. The molecule has 268 valence electrons. The van der Waals surface area contributed by atoms with E-state index in [1.165, 1.54) is 103 Å². The number of hydrogen-bond acceptors (Lipinski definition) is 8. The molecule has 0 radical (unpaired) electrons. The Bertz CT molecular complexity index is 681. The van der Waals surface area contributed by atoms with E-state index in [-0.39, 0.29) is 12.5 Å². The van der Waals surface area contributed by atoms with E-state index in [4.69, 9.17) is 9.47 Å². The molecule has 45 heavy (non-hydrogen) atoms. The molecule has 0 saturated carbocycles. The smallest absolute Gasteiger partial charge is 0.220 e. The maximum absolute atomic E-state index is 12.8. The van der Waals surface area contributed by atoms with E-state index in [1.807, 2.05) is 0 Å². The molecule has 0 aromatic carbocycles. The van der Waals surface area contributed by atoms with Gasteiger partial charge in [-0.1, -0.05) is 149 Å². The van der Waals surface area contributed by atoms with E-state index in [0.29, 0.717) is 12.8 Å². The normalized spacial score (nSPS) is 23.2. The largest absolute Gasteiger partial charge is 0.394 e. The van der Waals surface area contributed by atoms with Gasteiger partial charge in [0.05, 0.1) is 25.4 Å². The van der Waals surface area contributed by atoms with Crippen molar-refractivity contribution in [3.8, 4) is 0 Å². The van der Waals surface area contributed by atoms with E-state index in [0.717, 1.165) is 38.5 Å². The van der Waals surface area contributed by atoms with Crippen LogP contribution in [-0.4, -0.2) is 87.5 Å². The minimum atomic E-state index is -1.55. The molecule has 1 rings (SSSR count). The molecule has 0 aliphatic carbocycles. The number of hydrogen-bond donors (Lipinski definition) is 6. The fourth-order valence-corrected chi connectivity index (χ4v) is 6.10. The number of unbranched alkanes of at least 4 members (excludes halogenated alkanes) is 20. The lowest BCUT2D eigenvalue weighted by atomic mass is 9.99. The number of ether oxygens (including phenoxy) is 2. The zero-order valence-electron chi connectivity index (χ0n) is 28.9. The molecule has 7 atom stereocenters. The molecule has 2 unspecified atom stereocenters. The van der Waals surface area contributed by atoms with Gasteiger partial charge >= 0.3 is 0 Å². The first-order chi connectivity index (χ1) is 21.8. The molecule has 9 heteroatoms. The van der Waals surface area contributed by atoms with Crippen molar-refractivity contribution in [2.45, 2.75) is 211 Å².